The third-order valence-electron chi connectivity index (χ3n) is 5.71. The molecule has 8 nitrogen and oxygen atoms in total. The number of nitrogens with zero attached hydrogens (tertiary/aromatic N) is 2. The number of piperidine rings is 1. The van der Waals surface area contributed by atoms with Crippen molar-refractivity contribution in [2.24, 2.45) is 5.92 Å². The molecule has 2 heterocycles. The molecule has 170 valence electrons. The Morgan fingerprint density at radius 3 is 2.35 bits per heavy atom. The lowest BCUT2D eigenvalue weighted by molar-refractivity contribution is -0.134. The molecule has 31 heavy (non-hydrogen) atoms. The van der Waals surface area contributed by atoms with Crippen LogP contribution in [-0.2, 0) is 19.6 Å². The average molecular weight is 450 g/mol. The zero-order chi connectivity index (χ0) is 22.6. The van der Waals surface area contributed by atoms with Gasteiger partial charge in [0.25, 0.3) is 5.91 Å². The molecule has 0 aromatic heterocycles. The second-order valence-corrected chi connectivity index (χ2v) is 10.3. The molecular formula is C22H31N3O5S. The van der Waals surface area contributed by atoms with Gasteiger partial charge in [-0.05, 0) is 37.0 Å². The van der Waals surface area contributed by atoms with Crippen molar-refractivity contribution in [1.29, 1.82) is 0 Å². The van der Waals surface area contributed by atoms with E-state index in [4.69, 9.17) is 4.74 Å². The maximum Gasteiger partial charge on any atom is 0.251 e. The van der Waals surface area contributed by atoms with Crippen LogP contribution in [0.2, 0.25) is 0 Å². The molecular weight excluding hydrogens is 418 g/mol. The number of hydrogen-bond donors (Lipinski definition) is 1. The summed E-state index contributed by atoms with van der Waals surface area (Å²) in [5.74, 6) is -0.692. The minimum absolute atomic E-state index is 0.0593. The summed E-state index contributed by atoms with van der Waals surface area (Å²) in [7, 11) is -3.71. The Morgan fingerprint density at radius 2 is 1.74 bits per heavy atom. The van der Waals surface area contributed by atoms with Crippen LogP contribution >= 0.6 is 0 Å². The van der Waals surface area contributed by atoms with Crippen molar-refractivity contribution in [1.82, 2.24) is 14.5 Å². The molecule has 2 amide bonds. The molecule has 0 radical (unpaired) electrons. The predicted molar refractivity (Wildman–Crippen MR) is 117 cm³/mol. The van der Waals surface area contributed by atoms with E-state index < -0.39 is 22.0 Å². The van der Waals surface area contributed by atoms with Crippen molar-refractivity contribution in [2.75, 3.05) is 39.4 Å². The summed E-state index contributed by atoms with van der Waals surface area (Å²) in [5.41, 5.74) is 1.34. The van der Waals surface area contributed by atoms with Crippen LogP contribution in [0.15, 0.2) is 41.3 Å². The van der Waals surface area contributed by atoms with Crippen LogP contribution in [0.1, 0.15) is 37.0 Å². The normalized spacial score (nSPS) is 19.3. The highest BCUT2D eigenvalue weighted by Gasteiger charge is 2.31. The molecule has 1 aromatic rings. The minimum Gasteiger partial charge on any atom is -0.379 e. The second-order valence-electron chi connectivity index (χ2n) is 8.31. The van der Waals surface area contributed by atoms with Crippen molar-refractivity contribution in [3.05, 3.63) is 42.0 Å². The van der Waals surface area contributed by atoms with Gasteiger partial charge >= 0.3 is 0 Å². The van der Waals surface area contributed by atoms with Crippen molar-refractivity contribution in [3.8, 4) is 0 Å². The first kappa shape index (κ1) is 23.4. The van der Waals surface area contributed by atoms with E-state index in [0.717, 1.165) is 18.4 Å². The van der Waals surface area contributed by atoms with Crippen LogP contribution in [0.4, 0.5) is 0 Å². The monoisotopic (exact) mass is 449 g/mol. The molecule has 1 atom stereocenters. The van der Waals surface area contributed by atoms with Gasteiger partial charge in [0.2, 0.25) is 15.9 Å². The zero-order valence-corrected chi connectivity index (χ0v) is 19.0. The first-order chi connectivity index (χ1) is 14.7. The Kier molecular flexibility index (Phi) is 7.51. The number of likely N-dealkylation sites (tertiary alicyclic amines) is 1. The van der Waals surface area contributed by atoms with Crippen LogP contribution in [0, 0.1) is 5.92 Å². The van der Waals surface area contributed by atoms with Crippen LogP contribution in [-0.4, -0.2) is 74.9 Å². The van der Waals surface area contributed by atoms with Gasteiger partial charge in [0.05, 0.1) is 18.1 Å². The number of carbonyl (C=O) groups excluding carboxylic acids is 2. The summed E-state index contributed by atoms with van der Waals surface area (Å²) in [6.07, 6.45) is 1.54. The van der Waals surface area contributed by atoms with Crippen molar-refractivity contribution in [2.45, 2.75) is 37.6 Å². The van der Waals surface area contributed by atoms with E-state index in [9.17, 15) is 18.0 Å². The molecule has 0 aliphatic carbocycles. The summed E-state index contributed by atoms with van der Waals surface area (Å²) < 4.78 is 32.4. The fourth-order valence-corrected chi connectivity index (χ4v) is 5.17. The van der Waals surface area contributed by atoms with Crippen LogP contribution in [0.5, 0.6) is 0 Å². The fourth-order valence-electron chi connectivity index (χ4n) is 3.71. The van der Waals surface area contributed by atoms with Crippen molar-refractivity contribution < 1.29 is 22.7 Å². The average Bonchev–Trinajstić information content (AvgIpc) is 2.78. The topological polar surface area (TPSA) is 96.0 Å². The van der Waals surface area contributed by atoms with Gasteiger partial charge in [0.15, 0.2) is 0 Å². The van der Waals surface area contributed by atoms with Crippen LogP contribution < -0.4 is 5.32 Å². The summed E-state index contributed by atoms with van der Waals surface area (Å²) in [4.78, 5) is 27.8. The summed E-state index contributed by atoms with van der Waals surface area (Å²) in [6, 6.07) is 5.27. The number of benzene rings is 1. The third kappa shape index (κ3) is 5.53. The van der Waals surface area contributed by atoms with E-state index in [2.05, 4.69) is 11.9 Å². The van der Waals surface area contributed by atoms with E-state index in [1.807, 2.05) is 13.8 Å². The molecule has 2 aliphatic rings. The Labute approximate surface area is 184 Å². The number of hydrogen-bond acceptors (Lipinski definition) is 5. The number of morpholine rings is 1. The van der Waals surface area contributed by atoms with Crippen LogP contribution in [0.25, 0.3) is 0 Å². The van der Waals surface area contributed by atoms with E-state index in [-0.39, 0.29) is 35.4 Å². The number of carbonyl (C=O) groups is 2. The van der Waals surface area contributed by atoms with Gasteiger partial charge in [-0.15, -0.1) is 0 Å². The SMILES string of the molecule is C=C1CCN(C(=O)C(NC(=O)c2cccc(S(=O)(=O)N3CCOCC3)c2)C(C)C)CC1. The minimum atomic E-state index is -3.71. The molecule has 9 heteroatoms. The third-order valence-corrected chi connectivity index (χ3v) is 7.60. The van der Waals surface area contributed by atoms with Gasteiger partial charge in [0, 0.05) is 31.7 Å². The molecule has 3 rings (SSSR count). The second kappa shape index (κ2) is 9.93. The number of amides is 2. The maximum absolute atomic E-state index is 13.0. The number of ether oxygens (including phenoxy) is 1. The lowest BCUT2D eigenvalue weighted by atomic mass is 9.99. The lowest BCUT2D eigenvalue weighted by Gasteiger charge is -2.33. The summed E-state index contributed by atoms with van der Waals surface area (Å²) in [6.45, 7) is 10.2. The first-order valence-corrected chi connectivity index (χ1v) is 12.1. The van der Waals surface area contributed by atoms with Crippen LogP contribution in [0.3, 0.4) is 0 Å². The van der Waals surface area contributed by atoms with Crippen molar-refractivity contribution in [3.63, 3.8) is 0 Å². The Bertz CT molecular complexity index is 928. The van der Waals surface area contributed by atoms with Crippen molar-refractivity contribution >= 4 is 21.8 Å². The molecule has 0 saturated carbocycles. The van der Waals surface area contributed by atoms with E-state index in [1.165, 1.54) is 16.4 Å². The Balaban J connectivity index is 1.74. The van der Waals surface area contributed by atoms with E-state index >= 15 is 0 Å². The summed E-state index contributed by atoms with van der Waals surface area (Å²) >= 11 is 0. The van der Waals surface area contributed by atoms with E-state index in [0.29, 0.717) is 26.3 Å². The lowest BCUT2D eigenvalue weighted by Crippen LogP contribution is -2.52. The molecule has 1 aromatic carbocycles. The fraction of sp³-hybridized carbons (Fsp3) is 0.545. The van der Waals surface area contributed by atoms with Gasteiger partial charge < -0.3 is 15.0 Å². The Hall–Kier alpha value is -2.23. The molecule has 0 bridgehead atoms. The smallest absolute Gasteiger partial charge is 0.251 e. The van der Waals surface area contributed by atoms with Gasteiger partial charge in [-0.3, -0.25) is 9.59 Å². The predicted octanol–water partition coefficient (Wildman–Crippen LogP) is 1.64. The number of rotatable bonds is 6. The largest absolute Gasteiger partial charge is 0.379 e. The highest BCUT2D eigenvalue weighted by Crippen LogP contribution is 2.20. The molecule has 2 saturated heterocycles. The molecule has 1 unspecified atom stereocenters. The highest BCUT2D eigenvalue weighted by atomic mass is 32.2. The Morgan fingerprint density at radius 1 is 1.10 bits per heavy atom. The standard InChI is InChI=1S/C22H31N3O5S/c1-16(2)20(22(27)24-9-7-17(3)8-10-24)23-21(26)18-5-4-6-19(15-18)31(28,29)25-11-13-30-14-12-25/h4-6,15-16,20H,3,7-14H2,1-2H3,(H,23,26). The summed E-state index contributed by atoms with van der Waals surface area (Å²) in [5, 5.41) is 2.82. The van der Waals surface area contributed by atoms with E-state index in [1.54, 1.807) is 17.0 Å². The number of nitrogens with one attached hydrogen (secondary N) is 1. The van der Waals surface area contributed by atoms with Gasteiger partial charge in [-0.1, -0.05) is 32.1 Å². The van der Waals surface area contributed by atoms with Gasteiger partial charge in [-0.2, -0.15) is 4.31 Å². The highest BCUT2D eigenvalue weighted by molar-refractivity contribution is 7.89. The molecule has 2 aliphatic heterocycles. The quantitative estimate of drug-likeness (QED) is 0.666. The maximum atomic E-state index is 13.0. The molecule has 1 N–H and O–H groups in total. The molecule has 2 fully saturated rings. The molecule has 0 spiro atoms. The van der Waals surface area contributed by atoms with Gasteiger partial charge in [-0.25, -0.2) is 8.42 Å². The zero-order valence-electron chi connectivity index (χ0n) is 18.2. The number of sulfonamides is 1. The van der Waals surface area contributed by atoms with Gasteiger partial charge in [0.1, 0.15) is 6.04 Å². The first-order valence-electron chi connectivity index (χ1n) is 10.6.